The second-order valence-electron chi connectivity index (χ2n) is 3.78. The highest BCUT2D eigenvalue weighted by molar-refractivity contribution is 6.37. The molecule has 0 aliphatic heterocycles. The van der Waals surface area contributed by atoms with Crippen molar-refractivity contribution in [1.82, 2.24) is 4.98 Å². The van der Waals surface area contributed by atoms with E-state index >= 15 is 0 Å². The summed E-state index contributed by atoms with van der Waals surface area (Å²) in [6, 6.07) is 2.83. The molecule has 0 unspecified atom stereocenters. The van der Waals surface area contributed by atoms with E-state index in [1.165, 1.54) is 26.4 Å². The molecule has 0 amide bonds. The molecule has 20 heavy (non-hydrogen) atoms. The summed E-state index contributed by atoms with van der Waals surface area (Å²) in [5.74, 6) is -0.381. The first-order valence-corrected chi connectivity index (χ1v) is 5.76. The lowest BCUT2D eigenvalue weighted by Crippen LogP contribution is -2.04. The van der Waals surface area contributed by atoms with Crippen LogP contribution in [0.2, 0.25) is 5.02 Å². The number of rotatable bonds is 3. The molecule has 2 rings (SSSR count). The van der Waals surface area contributed by atoms with Crippen LogP contribution >= 0.6 is 11.6 Å². The van der Waals surface area contributed by atoms with E-state index in [0.717, 1.165) is 6.20 Å². The van der Waals surface area contributed by atoms with Gasteiger partial charge in [0.1, 0.15) is 22.5 Å². The number of esters is 1. The predicted octanol–water partition coefficient (Wildman–Crippen LogP) is 2.59. The van der Waals surface area contributed by atoms with Crippen LogP contribution in [-0.2, 0) is 4.74 Å². The lowest BCUT2D eigenvalue weighted by Gasteiger charge is -2.09. The Labute approximate surface area is 118 Å². The number of nitrogens with zero attached hydrogens (tertiary/aromatic N) is 2. The molecule has 0 spiro atoms. The minimum atomic E-state index is -0.642. The molecule has 1 aromatic heterocycles. The topological polar surface area (TPSA) is 91.6 Å². The van der Waals surface area contributed by atoms with Gasteiger partial charge in [-0.05, 0) is 6.07 Å². The van der Waals surface area contributed by atoms with Gasteiger partial charge in [0, 0.05) is 11.5 Å². The van der Waals surface area contributed by atoms with E-state index in [1.54, 1.807) is 0 Å². The first-order valence-electron chi connectivity index (χ1n) is 5.38. The number of hydrogen-bond acceptors (Lipinski definition) is 6. The molecule has 7 nitrogen and oxygen atoms in total. The van der Waals surface area contributed by atoms with Crippen molar-refractivity contribution in [2.45, 2.75) is 0 Å². The average Bonchev–Trinajstić information content (AvgIpc) is 2.45. The van der Waals surface area contributed by atoms with Crippen molar-refractivity contribution in [2.24, 2.45) is 0 Å². The Morgan fingerprint density at radius 3 is 2.65 bits per heavy atom. The maximum Gasteiger partial charge on any atom is 0.341 e. The van der Waals surface area contributed by atoms with Gasteiger partial charge in [0.25, 0.3) is 0 Å². The Hall–Kier alpha value is -2.41. The van der Waals surface area contributed by atoms with Crippen LogP contribution < -0.4 is 4.74 Å². The Morgan fingerprint density at radius 1 is 1.40 bits per heavy atom. The standard InChI is InChI=1S/C12H9ClN2O5/c1-19-10-4-8-6(3-7(10)12(16)20-2)11(13)9(5-14-8)15(17)18/h3-5H,1-2H3. The SMILES string of the molecule is COC(=O)c1cc2c(Cl)c([N+](=O)[O-])cnc2cc1OC. The van der Waals surface area contributed by atoms with Crippen LogP contribution in [0.4, 0.5) is 5.69 Å². The number of methoxy groups -OCH3 is 2. The maximum absolute atomic E-state index is 11.7. The van der Waals surface area contributed by atoms with E-state index in [9.17, 15) is 14.9 Å². The zero-order chi connectivity index (χ0) is 14.9. The van der Waals surface area contributed by atoms with E-state index in [-0.39, 0.29) is 27.4 Å². The predicted molar refractivity (Wildman–Crippen MR) is 71.3 cm³/mol. The van der Waals surface area contributed by atoms with Crippen molar-refractivity contribution in [1.29, 1.82) is 0 Å². The summed E-state index contributed by atoms with van der Waals surface area (Å²) in [6.45, 7) is 0. The van der Waals surface area contributed by atoms with Gasteiger partial charge in [-0.3, -0.25) is 10.1 Å². The van der Waals surface area contributed by atoms with Gasteiger partial charge < -0.3 is 9.47 Å². The number of carbonyl (C=O) groups is 1. The zero-order valence-electron chi connectivity index (χ0n) is 10.5. The van der Waals surface area contributed by atoms with Crippen molar-refractivity contribution >= 4 is 34.2 Å². The normalized spacial score (nSPS) is 10.3. The van der Waals surface area contributed by atoms with Crippen LogP contribution in [0, 0.1) is 10.1 Å². The van der Waals surface area contributed by atoms with E-state index in [4.69, 9.17) is 16.3 Å². The number of pyridine rings is 1. The van der Waals surface area contributed by atoms with Gasteiger partial charge in [-0.1, -0.05) is 11.6 Å². The summed E-state index contributed by atoms with van der Waals surface area (Å²) < 4.78 is 9.71. The van der Waals surface area contributed by atoms with Crippen molar-refractivity contribution in [2.75, 3.05) is 14.2 Å². The first-order chi connectivity index (χ1) is 9.49. The smallest absolute Gasteiger partial charge is 0.341 e. The van der Waals surface area contributed by atoms with Gasteiger partial charge >= 0.3 is 11.7 Å². The molecule has 0 radical (unpaired) electrons. The Balaban J connectivity index is 2.79. The monoisotopic (exact) mass is 296 g/mol. The number of ether oxygens (including phenoxy) is 2. The van der Waals surface area contributed by atoms with Gasteiger partial charge in [-0.25, -0.2) is 9.78 Å². The third-order valence-electron chi connectivity index (χ3n) is 2.71. The van der Waals surface area contributed by atoms with Crippen LogP contribution in [0.25, 0.3) is 10.9 Å². The Bertz CT molecular complexity index is 717. The molecule has 0 bridgehead atoms. The number of aromatic nitrogens is 1. The molecule has 0 fully saturated rings. The highest BCUT2D eigenvalue weighted by Crippen LogP contribution is 2.34. The largest absolute Gasteiger partial charge is 0.496 e. The van der Waals surface area contributed by atoms with Crippen molar-refractivity contribution < 1.29 is 19.2 Å². The second kappa shape index (κ2) is 5.30. The molecule has 0 saturated heterocycles. The van der Waals surface area contributed by atoms with Crippen LogP contribution in [0.1, 0.15) is 10.4 Å². The molecule has 104 valence electrons. The molecule has 1 heterocycles. The molecular weight excluding hydrogens is 288 g/mol. The molecule has 2 aromatic rings. The molecule has 0 aliphatic carbocycles. The average molecular weight is 297 g/mol. The minimum absolute atomic E-state index is 0.0900. The maximum atomic E-state index is 11.7. The number of carbonyl (C=O) groups excluding carboxylic acids is 1. The van der Waals surface area contributed by atoms with E-state index in [2.05, 4.69) is 9.72 Å². The minimum Gasteiger partial charge on any atom is -0.496 e. The quantitative estimate of drug-likeness (QED) is 0.491. The van der Waals surface area contributed by atoms with Crippen molar-refractivity contribution in [3.05, 3.63) is 39.0 Å². The summed E-state index contributed by atoms with van der Waals surface area (Å²) in [4.78, 5) is 25.8. The van der Waals surface area contributed by atoms with Gasteiger partial charge in [0.05, 0.1) is 24.7 Å². The lowest BCUT2D eigenvalue weighted by molar-refractivity contribution is -0.384. The van der Waals surface area contributed by atoms with Crippen molar-refractivity contribution in [3.63, 3.8) is 0 Å². The Morgan fingerprint density at radius 2 is 2.10 bits per heavy atom. The summed E-state index contributed by atoms with van der Waals surface area (Å²) in [6.07, 6.45) is 1.06. The van der Waals surface area contributed by atoms with E-state index in [0.29, 0.717) is 5.52 Å². The fourth-order valence-corrected chi connectivity index (χ4v) is 2.01. The highest BCUT2D eigenvalue weighted by atomic mass is 35.5. The summed E-state index contributed by atoms with van der Waals surface area (Å²) >= 11 is 5.98. The first kappa shape index (κ1) is 14.0. The highest BCUT2D eigenvalue weighted by Gasteiger charge is 2.20. The number of hydrogen-bond donors (Lipinski definition) is 0. The summed E-state index contributed by atoms with van der Waals surface area (Å²) in [5, 5.41) is 11.0. The molecule has 0 aliphatic rings. The van der Waals surface area contributed by atoms with Crippen molar-refractivity contribution in [3.8, 4) is 5.75 Å². The third-order valence-corrected chi connectivity index (χ3v) is 3.10. The number of benzene rings is 1. The van der Waals surface area contributed by atoms with Crippen LogP contribution in [0.15, 0.2) is 18.3 Å². The third kappa shape index (κ3) is 2.23. The molecular formula is C12H9ClN2O5. The molecule has 8 heteroatoms. The lowest BCUT2D eigenvalue weighted by atomic mass is 10.1. The van der Waals surface area contributed by atoms with Gasteiger partial charge in [-0.2, -0.15) is 0 Å². The Kier molecular flexibility index (Phi) is 3.71. The molecule has 0 atom stereocenters. The number of fused-ring (bicyclic) bond motifs is 1. The van der Waals surface area contributed by atoms with Gasteiger partial charge in [0.2, 0.25) is 0 Å². The zero-order valence-corrected chi connectivity index (χ0v) is 11.3. The second-order valence-corrected chi connectivity index (χ2v) is 4.15. The summed E-state index contributed by atoms with van der Waals surface area (Å²) in [7, 11) is 2.61. The number of halogens is 1. The molecule has 0 saturated carbocycles. The van der Waals surface area contributed by atoms with Crippen LogP contribution in [-0.4, -0.2) is 30.1 Å². The fraction of sp³-hybridized carbons (Fsp3) is 0.167. The summed E-state index contributed by atoms with van der Waals surface area (Å²) in [5.41, 5.74) is 0.164. The van der Waals surface area contributed by atoms with Crippen LogP contribution in [0.5, 0.6) is 5.75 Å². The number of nitro groups is 1. The van der Waals surface area contributed by atoms with Gasteiger partial charge in [0.15, 0.2) is 0 Å². The fourth-order valence-electron chi connectivity index (χ4n) is 1.74. The molecule has 1 aromatic carbocycles. The van der Waals surface area contributed by atoms with Gasteiger partial charge in [-0.15, -0.1) is 0 Å². The van der Waals surface area contributed by atoms with E-state index in [1.807, 2.05) is 0 Å². The molecule has 0 N–H and O–H groups in total. The van der Waals surface area contributed by atoms with Crippen LogP contribution in [0.3, 0.4) is 0 Å². The van der Waals surface area contributed by atoms with E-state index < -0.39 is 10.9 Å².